The fourth-order valence-corrected chi connectivity index (χ4v) is 2.59. The lowest BCUT2D eigenvalue weighted by atomic mass is 9.77. The number of rotatable bonds is 4. The molecule has 0 amide bonds. The Morgan fingerprint density at radius 2 is 1.83 bits per heavy atom. The van der Waals surface area contributed by atoms with Crippen LogP contribution in [0.2, 0.25) is 0 Å². The summed E-state index contributed by atoms with van der Waals surface area (Å²) in [6, 6.07) is 16.1. The van der Waals surface area contributed by atoms with Crippen LogP contribution in [-0.2, 0) is 13.0 Å². The highest BCUT2D eigenvalue weighted by atomic mass is 16.3. The molecule has 0 saturated carbocycles. The van der Waals surface area contributed by atoms with E-state index < -0.39 is 0 Å². The van der Waals surface area contributed by atoms with Gasteiger partial charge in [0, 0.05) is 24.6 Å². The number of nitrogens with one attached hydrogen (secondary N) is 1. The minimum absolute atomic E-state index is 0.374. The molecule has 0 radical (unpaired) electrons. The molecule has 92 valence electrons. The van der Waals surface area contributed by atoms with Gasteiger partial charge in [0.1, 0.15) is 5.75 Å². The summed E-state index contributed by atoms with van der Waals surface area (Å²) in [5.74, 6) is 1.01. The topological polar surface area (TPSA) is 32.3 Å². The van der Waals surface area contributed by atoms with Crippen LogP contribution in [0.1, 0.15) is 22.6 Å². The van der Waals surface area contributed by atoms with E-state index in [0.29, 0.717) is 11.7 Å². The average Bonchev–Trinajstić information content (AvgIpc) is 2.37. The van der Waals surface area contributed by atoms with E-state index in [9.17, 15) is 5.11 Å². The van der Waals surface area contributed by atoms with Crippen LogP contribution in [0.5, 0.6) is 5.75 Å². The summed E-state index contributed by atoms with van der Waals surface area (Å²) < 4.78 is 0. The lowest BCUT2D eigenvalue weighted by molar-refractivity contribution is 0.460. The molecule has 2 N–H and O–H groups in total. The van der Waals surface area contributed by atoms with Crippen LogP contribution in [0.25, 0.3) is 0 Å². The molecule has 0 fully saturated rings. The van der Waals surface area contributed by atoms with E-state index in [-0.39, 0.29) is 0 Å². The van der Waals surface area contributed by atoms with Gasteiger partial charge in [-0.1, -0.05) is 42.5 Å². The first kappa shape index (κ1) is 11.3. The number of hydrogen-bond donors (Lipinski definition) is 2. The maximum atomic E-state index is 9.66. The second-order valence-electron chi connectivity index (χ2n) is 4.86. The van der Waals surface area contributed by atoms with E-state index in [1.165, 1.54) is 17.5 Å². The SMILES string of the molecule is Oc1ccccc1CNCC1Cc2ccccc21. The van der Waals surface area contributed by atoms with E-state index in [4.69, 9.17) is 0 Å². The molecule has 0 aliphatic heterocycles. The van der Waals surface area contributed by atoms with Gasteiger partial charge in [-0.25, -0.2) is 0 Å². The first-order valence-electron chi connectivity index (χ1n) is 6.40. The number of para-hydroxylation sites is 1. The zero-order valence-electron chi connectivity index (χ0n) is 10.3. The third-order valence-corrected chi connectivity index (χ3v) is 3.66. The van der Waals surface area contributed by atoms with Gasteiger partial charge in [0.05, 0.1) is 0 Å². The van der Waals surface area contributed by atoms with Crippen LogP contribution in [0.4, 0.5) is 0 Å². The van der Waals surface area contributed by atoms with Crippen molar-refractivity contribution in [2.75, 3.05) is 6.54 Å². The Kier molecular flexibility index (Phi) is 3.03. The Morgan fingerprint density at radius 1 is 1.06 bits per heavy atom. The number of fused-ring (bicyclic) bond motifs is 1. The van der Waals surface area contributed by atoms with Crippen molar-refractivity contribution in [1.82, 2.24) is 5.32 Å². The second kappa shape index (κ2) is 4.83. The summed E-state index contributed by atoms with van der Waals surface area (Å²) in [6.07, 6.45) is 1.17. The highest BCUT2D eigenvalue weighted by Crippen LogP contribution is 2.34. The Balaban J connectivity index is 1.54. The molecule has 0 saturated heterocycles. The fourth-order valence-electron chi connectivity index (χ4n) is 2.59. The van der Waals surface area contributed by atoms with Gasteiger partial charge in [0.2, 0.25) is 0 Å². The van der Waals surface area contributed by atoms with Crippen LogP contribution in [0, 0.1) is 0 Å². The summed E-state index contributed by atoms with van der Waals surface area (Å²) in [4.78, 5) is 0. The Hall–Kier alpha value is -1.80. The number of phenolic OH excluding ortho intramolecular Hbond substituents is 1. The molecule has 0 aromatic heterocycles. The number of aromatic hydroxyl groups is 1. The number of benzene rings is 2. The molecule has 1 aliphatic rings. The highest BCUT2D eigenvalue weighted by Gasteiger charge is 2.24. The van der Waals surface area contributed by atoms with Crippen molar-refractivity contribution in [3.63, 3.8) is 0 Å². The predicted octanol–water partition coefficient (Wildman–Crippen LogP) is 2.82. The smallest absolute Gasteiger partial charge is 0.120 e. The van der Waals surface area contributed by atoms with Crippen molar-refractivity contribution in [3.8, 4) is 5.75 Å². The number of phenols is 1. The van der Waals surface area contributed by atoms with Gasteiger partial charge in [0.25, 0.3) is 0 Å². The maximum Gasteiger partial charge on any atom is 0.120 e. The van der Waals surface area contributed by atoms with Crippen molar-refractivity contribution in [1.29, 1.82) is 0 Å². The summed E-state index contributed by atoms with van der Waals surface area (Å²) in [5.41, 5.74) is 3.92. The monoisotopic (exact) mass is 239 g/mol. The molecular weight excluding hydrogens is 222 g/mol. The van der Waals surface area contributed by atoms with E-state index in [0.717, 1.165) is 18.7 Å². The summed E-state index contributed by atoms with van der Waals surface area (Å²) >= 11 is 0. The Bertz CT molecular complexity index is 550. The minimum Gasteiger partial charge on any atom is -0.508 e. The molecule has 1 unspecified atom stereocenters. The quantitative estimate of drug-likeness (QED) is 0.860. The molecule has 0 bridgehead atoms. The fraction of sp³-hybridized carbons (Fsp3) is 0.250. The summed E-state index contributed by atoms with van der Waals surface area (Å²) in [7, 11) is 0. The third-order valence-electron chi connectivity index (χ3n) is 3.66. The van der Waals surface area contributed by atoms with E-state index in [1.807, 2.05) is 18.2 Å². The first-order valence-corrected chi connectivity index (χ1v) is 6.40. The highest BCUT2D eigenvalue weighted by molar-refractivity contribution is 5.40. The zero-order valence-corrected chi connectivity index (χ0v) is 10.3. The molecule has 0 heterocycles. The van der Waals surface area contributed by atoms with Gasteiger partial charge in [-0.05, 0) is 23.6 Å². The van der Waals surface area contributed by atoms with Crippen molar-refractivity contribution in [2.45, 2.75) is 18.9 Å². The molecule has 0 spiro atoms. The van der Waals surface area contributed by atoms with Gasteiger partial charge in [-0.15, -0.1) is 0 Å². The molecule has 18 heavy (non-hydrogen) atoms. The normalized spacial score (nSPS) is 17.0. The molecule has 2 heteroatoms. The maximum absolute atomic E-state index is 9.66. The zero-order chi connectivity index (χ0) is 12.4. The molecular formula is C16H17NO. The van der Waals surface area contributed by atoms with Crippen molar-refractivity contribution < 1.29 is 5.11 Å². The second-order valence-corrected chi connectivity index (χ2v) is 4.86. The van der Waals surface area contributed by atoms with E-state index >= 15 is 0 Å². The van der Waals surface area contributed by atoms with Crippen molar-refractivity contribution in [3.05, 3.63) is 65.2 Å². The third kappa shape index (κ3) is 2.12. The summed E-state index contributed by atoms with van der Waals surface area (Å²) in [6.45, 7) is 1.71. The lowest BCUT2D eigenvalue weighted by Gasteiger charge is -2.30. The minimum atomic E-state index is 0.374. The molecule has 1 atom stereocenters. The van der Waals surface area contributed by atoms with Crippen LogP contribution in [0.3, 0.4) is 0 Å². The van der Waals surface area contributed by atoms with E-state index in [1.54, 1.807) is 6.07 Å². The Labute approximate surface area is 107 Å². The van der Waals surface area contributed by atoms with Gasteiger partial charge < -0.3 is 10.4 Å². The standard InChI is InChI=1S/C16H17NO/c18-16-8-4-2-6-13(16)10-17-11-14-9-12-5-1-3-7-15(12)14/h1-8,14,17-18H,9-11H2. The lowest BCUT2D eigenvalue weighted by Crippen LogP contribution is -2.28. The average molecular weight is 239 g/mol. The van der Waals surface area contributed by atoms with Crippen LogP contribution in [-0.4, -0.2) is 11.7 Å². The van der Waals surface area contributed by atoms with Gasteiger partial charge >= 0.3 is 0 Å². The van der Waals surface area contributed by atoms with Crippen LogP contribution in [0.15, 0.2) is 48.5 Å². The van der Waals surface area contributed by atoms with Gasteiger partial charge in [0.15, 0.2) is 0 Å². The largest absolute Gasteiger partial charge is 0.508 e. The Morgan fingerprint density at radius 3 is 2.67 bits per heavy atom. The predicted molar refractivity (Wildman–Crippen MR) is 72.7 cm³/mol. The van der Waals surface area contributed by atoms with Crippen molar-refractivity contribution in [2.24, 2.45) is 0 Å². The molecule has 1 aliphatic carbocycles. The first-order chi connectivity index (χ1) is 8.84. The molecule has 3 rings (SSSR count). The molecule has 2 aromatic carbocycles. The van der Waals surface area contributed by atoms with Crippen LogP contribution < -0.4 is 5.32 Å². The van der Waals surface area contributed by atoms with Crippen molar-refractivity contribution >= 4 is 0 Å². The molecule has 2 nitrogen and oxygen atoms in total. The van der Waals surface area contributed by atoms with Gasteiger partial charge in [-0.3, -0.25) is 0 Å². The van der Waals surface area contributed by atoms with Gasteiger partial charge in [-0.2, -0.15) is 0 Å². The number of hydrogen-bond acceptors (Lipinski definition) is 2. The van der Waals surface area contributed by atoms with E-state index in [2.05, 4.69) is 29.6 Å². The summed E-state index contributed by atoms with van der Waals surface area (Å²) in [5, 5.41) is 13.1. The van der Waals surface area contributed by atoms with Crippen LogP contribution >= 0.6 is 0 Å². The molecule has 2 aromatic rings.